The summed E-state index contributed by atoms with van der Waals surface area (Å²) in [5.74, 6) is -2.77. The molecule has 2 aromatic heterocycles. The van der Waals surface area contributed by atoms with Crippen molar-refractivity contribution in [1.82, 2.24) is 35.2 Å². The molecule has 3 N–H and O–H groups in total. The minimum absolute atomic E-state index is 0.0387. The summed E-state index contributed by atoms with van der Waals surface area (Å²) in [6.45, 7) is 4.54. The van der Waals surface area contributed by atoms with Crippen LogP contribution in [0, 0.1) is 11.7 Å². The summed E-state index contributed by atoms with van der Waals surface area (Å²) in [6.07, 6.45) is 4.79. The Hall–Kier alpha value is -7.12. The number of hydrogen-bond donors (Lipinski definition) is 3. The number of thiazole rings is 1. The zero-order valence-corrected chi connectivity index (χ0v) is 36.2. The van der Waals surface area contributed by atoms with Crippen molar-refractivity contribution in [2.45, 2.75) is 62.8 Å². The van der Waals surface area contributed by atoms with Crippen LogP contribution in [0.3, 0.4) is 0 Å². The average molecular weight is 911 g/mol. The molecule has 4 unspecified atom stereocenters. The second kappa shape index (κ2) is 16.4. The number of imide groups is 2. The summed E-state index contributed by atoms with van der Waals surface area (Å²) in [4.78, 5) is 92.1. The number of nitrogens with zero attached hydrogens (tertiary/aromatic N) is 8. The zero-order valence-electron chi connectivity index (χ0n) is 35.4. The molecule has 12 rings (SSSR count). The Labute approximate surface area is 381 Å². The first-order chi connectivity index (χ1) is 32.0. The SMILES string of the molecule is O=C1CCC(N2C(=O)c3ccc(N4C5CC4CN(CC4CCN(c6ccc(-c7ccc8c(c7)C(=O)N(C(C(=O)Nc7nccs7)c7cc(F)ccc7O)C8)nn6)CC4)C5)cc3C2=O)C(=O)N1. The second-order valence-electron chi connectivity index (χ2n) is 17.8. The van der Waals surface area contributed by atoms with Crippen LogP contribution in [0.1, 0.15) is 80.3 Å². The Balaban J connectivity index is 0.693. The molecule has 0 aliphatic carbocycles. The second-order valence-corrected chi connectivity index (χ2v) is 18.7. The lowest BCUT2D eigenvalue weighted by Crippen LogP contribution is -2.69. The predicted octanol–water partition coefficient (Wildman–Crippen LogP) is 4.36. The molecule has 66 heavy (non-hydrogen) atoms. The van der Waals surface area contributed by atoms with E-state index in [1.54, 1.807) is 23.6 Å². The number of halogens is 1. The van der Waals surface area contributed by atoms with Crippen LogP contribution >= 0.6 is 11.3 Å². The number of piperazine rings is 1. The van der Waals surface area contributed by atoms with Gasteiger partial charge in [-0.1, -0.05) is 12.1 Å². The lowest BCUT2D eigenvalue weighted by Gasteiger charge is -2.58. The third-order valence-electron chi connectivity index (χ3n) is 13.8. The molecule has 6 amide bonds. The van der Waals surface area contributed by atoms with Crippen LogP contribution in [0.4, 0.5) is 21.0 Å². The molecule has 0 spiro atoms. The molecule has 7 aliphatic rings. The molecule has 0 radical (unpaired) electrons. The van der Waals surface area contributed by atoms with Crippen molar-refractivity contribution < 1.29 is 38.3 Å². The van der Waals surface area contributed by atoms with Crippen molar-refractivity contribution in [3.05, 3.63) is 112 Å². The highest BCUT2D eigenvalue weighted by molar-refractivity contribution is 7.13. The third-order valence-corrected chi connectivity index (χ3v) is 14.5. The van der Waals surface area contributed by atoms with E-state index in [4.69, 9.17) is 0 Å². The van der Waals surface area contributed by atoms with Crippen molar-refractivity contribution in [1.29, 1.82) is 0 Å². The maximum absolute atomic E-state index is 14.5. The van der Waals surface area contributed by atoms with Crippen LogP contribution in [0.25, 0.3) is 11.3 Å². The number of phenols is 1. The third kappa shape index (κ3) is 7.31. The van der Waals surface area contributed by atoms with Gasteiger partial charge in [-0.2, -0.15) is 0 Å². The van der Waals surface area contributed by atoms with Gasteiger partial charge >= 0.3 is 0 Å². The van der Waals surface area contributed by atoms with Crippen molar-refractivity contribution in [3.8, 4) is 17.0 Å². The topological polar surface area (TPSA) is 202 Å². The lowest BCUT2D eigenvalue weighted by molar-refractivity contribution is -0.136. The molecule has 17 nitrogen and oxygen atoms in total. The highest BCUT2D eigenvalue weighted by Gasteiger charge is 2.48. The van der Waals surface area contributed by atoms with Gasteiger partial charge in [0, 0.05) is 91.7 Å². The van der Waals surface area contributed by atoms with Crippen LogP contribution < -0.4 is 20.4 Å². The van der Waals surface area contributed by atoms with Crippen LogP contribution in [-0.4, -0.2) is 121 Å². The fourth-order valence-corrected chi connectivity index (χ4v) is 11.1. The molecule has 336 valence electrons. The van der Waals surface area contributed by atoms with E-state index in [0.717, 1.165) is 86.6 Å². The summed E-state index contributed by atoms with van der Waals surface area (Å²) in [6, 6.07) is 16.2. The van der Waals surface area contributed by atoms with Crippen molar-refractivity contribution in [3.63, 3.8) is 0 Å². The van der Waals surface area contributed by atoms with Crippen LogP contribution in [0.15, 0.2) is 78.3 Å². The van der Waals surface area contributed by atoms with Gasteiger partial charge in [0.15, 0.2) is 10.9 Å². The number of benzene rings is 3. The summed E-state index contributed by atoms with van der Waals surface area (Å²) in [5, 5.41) is 26.8. The smallest absolute Gasteiger partial charge is 0.262 e. The Bertz CT molecular complexity index is 2830. The summed E-state index contributed by atoms with van der Waals surface area (Å²) >= 11 is 1.20. The van der Waals surface area contributed by atoms with Crippen LogP contribution in [0.5, 0.6) is 5.75 Å². The molecule has 5 aromatic rings. The monoisotopic (exact) mass is 910 g/mol. The van der Waals surface area contributed by atoms with Gasteiger partial charge in [0.05, 0.1) is 16.8 Å². The molecular weight excluding hydrogens is 868 g/mol. The number of aromatic hydroxyl groups is 1. The van der Waals surface area contributed by atoms with E-state index in [9.17, 15) is 38.3 Å². The van der Waals surface area contributed by atoms with Crippen molar-refractivity contribution >= 4 is 63.4 Å². The highest BCUT2D eigenvalue weighted by Crippen LogP contribution is 2.41. The Kier molecular flexibility index (Phi) is 10.3. The Morgan fingerprint density at radius 3 is 2.42 bits per heavy atom. The number of rotatable bonds is 10. The highest BCUT2D eigenvalue weighted by atomic mass is 32.1. The van der Waals surface area contributed by atoms with E-state index in [1.165, 1.54) is 22.4 Å². The lowest BCUT2D eigenvalue weighted by atomic mass is 9.85. The fraction of sp³-hybridized carbons (Fsp3) is 0.340. The molecule has 2 bridgehead atoms. The first-order valence-electron chi connectivity index (χ1n) is 22.1. The number of fused-ring (bicyclic) bond motifs is 4. The molecule has 4 atom stereocenters. The standard InChI is InChI=1S/C47H43FN10O7S/c48-28-3-8-38(59)35(18-28)41(43(62)51-47-49-13-16-66-47)56-22-27-2-1-26(17-33(27)44(56)63)36-6-9-39(53-52-36)55-14-11-25(12-15-55)21-54-23-30-19-31(24-54)57(30)29-4-5-32-34(20-29)46(65)58(45(32)64)37-7-10-40(60)50-42(37)61/h1-6,8-9,13,16-18,20,25,30-31,37,41,59H,7,10-12,14-15,19,21-24H2,(H,49,51,62)(H,50,60,61). The maximum Gasteiger partial charge on any atom is 0.262 e. The number of aromatic nitrogens is 3. The number of phenolic OH excluding ortho intramolecular Hbond substituents is 1. The normalized spacial score (nSPS) is 22.3. The molecule has 0 saturated carbocycles. The van der Waals surface area contributed by atoms with Gasteiger partial charge in [0.25, 0.3) is 23.6 Å². The number of carbonyl (C=O) groups excluding carboxylic acids is 6. The largest absolute Gasteiger partial charge is 0.508 e. The molecule has 5 saturated heterocycles. The average Bonchev–Trinajstić information content (AvgIpc) is 4.01. The Morgan fingerprint density at radius 2 is 1.68 bits per heavy atom. The maximum atomic E-state index is 14.5. The first-order valence-corrected chi connectivity index (χ1v) is 22.9. The Morgan fingerprint density at radius 1 is 0.879 bits per heavy atom. The molecular formula is C47H43FN10O7S. The van der Waals surface area contributed by atoms with Gasteiger partial charge in [0.2, 0.25) is 11.8 Å². The van der Waals surface area contributed by atoms with E-state index >= 15 is 0 Å². The predicted molar refractivity (Wildman–Crippen MR) is 238 cm³/mol. The van der Waals surface area contributed by atoms with E-state index in [2.05, 4.69) is 40.5 Å². The fourth-order valence-electron chi connectivity index (χ4n) is 10.6. The molecule has 7 aliphatic heterocycles. The van der Waals surface area contributed by atoms with Gasteiger partial charge in [-0.05, 0) is 91.8 Å². The van der Waals surface area contributed by atoms with E-state index in [0.29, 0.717) is 51.1 Å². The van der Waals surface area contributed by atoms with Gasteiger partial charge in [-0.3, -0.25) is 49.2 Å². The number of anilines is 3. The zero-order chi connectivity index (χ0) is 45.4. The van der Waals surface area contributed by atoms with E-state index in [-0.39, 0.29) is 36.3 Å². The van der Waals surface area contributed by atoms with Crippen molar-refractivity contribution in [2.24, 2.45) is 5.92 Å². The molecule has 5 fully saturated rings. The molecule has 9 heterocycles. The van der Waals surface area contributed by atoms with E-state index in [1.807, 2.05) is 30.3 Å². The minimum atomic E-state index is -1.33. The number of hydrogen-bond acceptors (Lipinski definition) is 14. The minimum Gasteiger partial charge on any atom is -0.508 e. The van der Waals surface area contributed by atoms with E-state index < -0.39 is 53.3 Å². The summed E-state index contributed by atoms with van der Waals surface area (Å²) in [7, 11) is 0. The van der Waals surface area contributed by atoms with Gasteiger partial charge < -0.3 is 19.8 Å². The van der Waals surface area contributed by atoms with Crippen molar-refractivity contribution in [2.75, 3.05) is 47.8 Å². The number of carbonyl (C=O) groups is 6. The number of nitrogens with one attached hydrogen (secondary N) is 2. The first kappa shape index (κ1) is 41.6. The number of piperidine rings is 3. The quantitative estimate of drug-likeness (QED) is 0.167. The van der Waals surface area contributed by atoms with Gasteiger partial charge in [-0.25, -0.2) is 9.37 Å². The van der Waals surface area contributed by atoms with Crippen LogP contribution in [0.2, 0.25) is 0 Å². The van der Waals surface area contributed by atoms with Gasteiger partial charge in [-0.15, -0.1) is 21.5 Å². The molecule has 19 heteroatoms. The van der Waals surface area contributed by atoms with Crippen LogP contribution in [-0.2, 0) is 20.9 Å². The summed E-state index contributed by atoms with van der Waals surface area (Å²) in [5.41, 5.74) is 3.75. The van der Waals surface area contributed by atoms with Gasteiger partial charge in [0.1, 0.15) is 23.7 Å². The summed E-state index contributed by atoms with van der Waals surface area (Å²) < 4.78 is 14.5. The molecule has 3 aromatic carbocycles. The number of amides is 6.